The van der Waals surface area contributed by atoms with Crippen LogP contribution in [0.1, 0.15) is 23.4 Å². The molecule has 1 saturated heterocycles. The molecule has 2 heterocycles. The van der Waals surface area contributed by atoms with Crippen LogP contribution in [0.2, 0.25) is 0 Å². The highest BCUT2D eigenvalue weighted by molar-refractivity contribution is 7.15. The van der Waals surface area contributed by atoms with E-state index in [1.807, 2.05) is 19.9 Å². The van der Waals surface area contributed by atoms with Gasteiger partial charge < -0.3 is 15.1 Å². The molecule has 1 aliphatic heterocycles. The summed E-state index contributed by atoms with van der Waals surface area (Å²) in [5.41, 5.74) is 1.07. The molecular formula is C16H23N5OS. The second-order valence-corrected chi connectivity index (χ2v) is 7.13. The number of rotatable bonds is 4. The van der Waals surface area contributed by atoms with Crippen molar-refractivity contribution in [1.29, 1.82) is 5.26 Å². The van der Waals surface area contributed by atoms with Gasteiger partial charge in [-0.05, 0) is 46.8 Å². The summed E-state index contributed by atoms with van der Waals surface area (Å²) in [6.45, 7) is 5.88. The van der Waals surface area contributed by atoms with Gasteiger partial charge in [0.2, 0.25) is 0 Å². The highest BCUT2D eigenvalue weighted by atomic mass is 32.1. The number of anilines is 1. The number of aryl methyl sites for hydroxylation is 2. The number of amides is 1. The summed E-state index contributed by atoms with van der Waals surface area (Å²) >= 11 is 1.51. The van der Waals surface area contributed by atoms with Gasteiger partial charge in [-0.25, -0.2) is 4.98 Å². The maximum atomic E-state index is 12.5. The summed E-state index contributed by atoms with van der Waals surface area (Å²) in [6, 6.07) is 2.19. The van der Waals surface area contributed by atoms with Crippen molar-refractivity contribution in [3.05, 3.63) is 22.3 Å². The molecule has 23 heavy (non-hydrogen) atoms. The van der Waals surface area contributed by atoms with Gasteiger partial charge in [0, 0.05) is 24.2 Å². The third-order valence-corrected chi connectivity index (χ3v) is 5.28. The summed E-state index contributed by atoms with van der Waals surface area (Å²) < 4.78 is 0. The van der Waals surface area contributed by atoms with E-state index in [1.165, 1.54) is 17.5 Å². The largest absolute Gasteiger partial charge is 0.338 e. The fraction of sp³-hybridized carbons (Fsp3) is 0.562. The molecule has 1 fully saturated rings. The van der Waals surface area contributed by atoms with E-state index in [4.69, 9.17) is 0 Å². The number of thiazole rings is 1. The Morgan fingerprint density at radius 2 is 2.13 bits per heavy atom. The molecule has 0 radical (unpaired) electrons. The predicted molar refractivity (Wildman–Crippen MR) is 92.2 cm³/mol. The van der Waals surface area contributed by atoms with Crippen LogP contribution in [0.3, 0.4) is 0 Å². The average Bonchev–Trinajstić information content (AvgIpc) is 2.86. The topological polar surface area (TPSA) is 72.3 Å². The van der Waals surface area contributed by atoms with Gasteiger partial charge in [0.1, 0.15) is 11.6 Å². The number of hydrogen-bond acceptors (Lipinski definition) is 6. The monoisotopic (exact) mass is 333 g/mol. The third-order valence-electron chi connectivity index (χ3n) is 4.28. The number of nitrogens with one attached hydrogen (secondary N) is 1. The van der Waals surface area contributed by atoms with Crippen LogP contribution in [-0.4, -0.2) is 53.9 Å². The van der Waals surface area contributed by atoms with E-state index in [2.05, 4.69) is 22.2 Å². The smallest absolute Gasteiger partial charge is 0.266 e. The van der Waals surface area contributed by atoms with Crippen LogP contribution in [0, 0.1) is 25.2 Å². The molecule has 0 aliphatic carbocycles. The average molecular weight is 333 g/mol. The van der Waals surface area contributed by atoms with Crippen LogP contribution in [0.5, 0.6) is 0 Å². The first-order chi connectivity index (χ1) is 10.9. The van der Waals surface area contributed by atoms with E-state index in [-0.39, 0.29) is 17.5 Å². The highest BCUT2D eigenvalue weighted by Crippen LogP contribution is 2.21. The lowest BCUT2D eigenvalue weighted by atomic mass is 10.0. The molecule has 1 aromatic rings. The molecule has 0 bridgehead atoms. The Morgan fingerprint density at radius 1 is 1.48 bits per heavy atom. The molecule has 0 atom stereocenters. The van der Waals surface area contributed by atoms with E-state index in [0.717, 1.165) is 36.5 Å². The summed E-state index contributed by atoms with van der Waals surface area (Å²) in [7, 11) is 3.86. The number of piperidine rings is 1. The summed E-state index contributed by atoms with van der Waals surface area (Å²) in [4.78, 5) is 21.9. The molecule has 2 rings (SSSR count). The van der Waals surface area contributed by atoms with Crippen molar-refractivity contribution in [2.24, 2.45) is 0 Å². The van der Waals surface area contributed by atoms with Crippen molar-refractivity contribution >= 4 is 22.4 Å². The number of nitrogens with zero attached hydrogens (tertiary/aromatic N) is 4. The summed E-state index contributed by atoms with van der Waals surface area (Å²) in [6.07, 6.45) is 3.34. The Hall–Kier alpha value is -1.91. The van der Waals surface area contributed by atoms with Crippen LogP contribution in [0.25, 0.3) is 0 Å². The van der Waals surface area contributed by atoms with Gasteiger partial charge >= 0.3 is 0 Å². The van der Waals surface area contributed by atoms with Gasteiger partial charge in [-0.15, -0.1) is 11.3 Å². The first-order valence-electron chi connectivity index (χ1n) is 7.69. The normalized spacial score (nSPS) is 16.9. The van der Waals surface area contributed by atoms with Gasteiger partial charge in [-0.3, -0.25) is 4.79 Å². The van der Waals surface area contributed by atoms with Crippen LogP contribution in [-0.2, 0) is 4.79 Å². The maximum absolute atomic E-state index is 12.5. The Morgan fingerprint density at radius 3 is 2.65 bits per heavy atom. The fourth-order valence-electron chi connectivity index (χ4n) is 2.55. The third kappa shape index (κ3) is 4.30. The van der Waals surface area contributed by atoms with Crippen molar-refractivity contribution in [3.8, 4) is 6.07 Å². The lowest BCUT2D eigenvalue weighted by molar-refractivity contribution is -0.128. The number of carbonyl (C=O) groups excluding carboxylic acids is 1. The zero-order valence-electron chi connectivity index (χ0n) is 14.1. The second kappa shape index (κ2) is 7.57. The molecule has 1 aromatic heterocycles. The predicted octanol–water partition coefficient (Wildman–Crippen LogP) is 2.13. The van der Waals surface area contributed by atoms with E-state index in [0.29, 0.717) is 5.13 Å². The van der Waals surface area contributed by atoms with Gasteiger partial charge in [-0.2, -0.15) is 5.26 Å². The lowest BCUT2D eigenvalue weighted by Gasteiger charge is -2.34. The lowest BCUT2D eigenvalue weighted by Crippen LogP contribution is -2.44. The number of nitriles is 1. The molecule has 124 valence electrons. The van der Waals surface area contributed by atoms with E-state index < -0.39 is 0 Å². The molecule has 6 nitrogen and oxygen atoms in total. The van der Waals surface area contributed by atoms with Crippen LogP contribution < -0.4 is 5.32 Å². The number of likely N-dealkylation sites (tertiary alicyclic amines) is 1. The Balaban J connectivity index is 2.02. The molecule has 1 N–H and O–H groups in total. The molecule has 7 heteroatoms. The molecule has 0 unspecified atom stereocenters. The Kier molecular flexibility index (Phi) is 5.74. The zero-order chi connectivity index (χ0) is 17.0. The van der Waals surface area contributed by atoms with E-state index >= 15 is 0 Å². The SMILES string of the molecule is Cc1nc(N/C=C(/C#N)C(=O)N(C)C2CCN(C)CC2)sc1C. The molecule has 0 spiro atoms. The van der Waals surface area contributed by atoms with E-state index in [1.54, 1.807) is 11.9 Å². The number of hydrogen-bond donors (Lipinski definition) is 1. The van der Waals surface area contributed by atoms with Gasteiger partial charge in [0.05, 0.1) is 5.69 Å². The molecule has 0 saturated carbocycles. The second-order valence-electron chi connectivity index (χ2n) is 5.93. The van der Waals surface area contributed by atoms with Crippen molar-refractivity contribution in [2.45, 2.75) is 32.7 Å². The van der Waals surface area contributed by atoms with E-state index in [9.17, 15) is 10.1 Å². The molecule has 1 aliphatic rings. The molecule has 0 aromatic carbocycles. The van der Waals surface area contributed by atoms with Crippen molar-refractivity contribution < 1.29 is 4.79 Å². The minimum absolute atomic E-state index is 0.108. The molecular weight excluding hydrogens is 310 g/mol. The van der Waals surface area contributed by atoms with Crippen LogP contribution in [0.4, 0.5) is 5.13 Å². The summed E-state index contributed by atoms with van der Waals surface area (Å²) in [5.74, 6) is -0.237. The summed E-state index contributed by atoms with van der Waals surface area (Å²) in [5, 5.41) is 13.0. The van der Waals surface area contributed by atoms with Gasteiger partial charge in [0.25, 0.3) is 5.91 Å². The van der Waals surface area contributed by atoms with Crippen molar-refractivity contribution in [3.63, 3.8) is 0 Å². The minimum Gasteiger partial charge on any atom is -0.338 e. The number of carbonyl (C=O) groups is 1. The zero-order valence-corrected chi connectivity index (χ0v) is 14.9. The highest BCUT2D eigenvalue weighted by Gasteiger charge is 2.25. The van der Waals surface area contributed by atoms with Crippen LogP contribution >= 0.6 is 11.3 Å². The fourth-order valence-corrected chi connectivity index (χ4v) is 3.33. The maximum Gasteiger partial charge on any atom is 0.266 e. The standard InChI is InChI=1S/C16H23N5OS/c1-11-12(2)23-16(19-11)18-10-13(9-17)15(22)21(4)14-5-7-20(3)8-6-14/h10,14H,5-8H2,1-4H3,(H,18,19)/b13-10-. The van der Waals surface area contributed by atoms with Gasteiger partial charge in [-0.1, -0.05) is 0 Å². The quantitative estimate of drug-likeness (QED) is 0.675. The van der Waals surface area contributed by atoms with Gasteiger partial charge in [0.15, 0.2) is 5.13 Å². The molecule has 1 amide bonds. The Bertz CT molecular complexity index is 618. The minimum atomic E-state index is -0.237. The van der Waals surface area contributed by atoms with Crippen LogP contribution in [0.15, 0.2) is 11.8 Å². The number of aromatic nitrogens is 1. The Labute approximate surface area is 141 Å². The van der Waals surface area contributed by atoms with Crippen molar-refractivity contribution in [2.75, 3.05) is 32.5 Å². The number of likely N-dealkylation sites (N-methyl/N-ethyl adjacent to an activating group) is 1. The first-order valence-corrected chi connectivity index (χ1v) is 8.50. The van der Waals surface area contributed by atoms with Crippen molar-refractivity contribution in [1.82, 2.24) is 14.8 Å². The first kappa shape index (κ1) is 17.4.